The second kappa shape index (κ2) is 59.8. The number of carbonyl (C=O) groups excluding carboxylic acids is 3. The third kappa shape index (κ3) is 58.1. The zero-order valence-corrected chi connectivity index (χ0v) is 46.8. The lowest BCUT2D eigenvalue weighted by atomic mass is 10.1. The molecule has 0 fully saturated rings. The number of unbranched alkanes of at least 4 members (excludes halogenated alkanes) is 16. The molecule has 0 rings (SSSR count). The SMILES string of the molecule is CC/C=C\C/C=C\C/C=C\C/C=C\C/C=C\C/C=C\CCC(=O)OC[C@H](COC(=O)CCCCCCCCC/C=C\CCCCCCCC)OC(=O)CC/C=C\C/C=C\C/C=C\C/C=C\C/C=C\CCCCC. The van der Waals surface area contributed by atoms with Gasteiger partial charge in [0.05, 0.1) is 0 Å². The number of ether oxygens (including phenoxy) is 3. The molecule has 0 aliphatic heterocycles. The lowest BCUT2D eigenvalue weighted by Crippen LogP contribution is -2.30. The Labute approximate surface area is 448 Å². The fourth-order valence-electron chi connectivity index (χ4n) is 7.44. The Hall–Kier alpha value is -4.71. The van der Waals surface area contributed by atoms with Crippen LogP contribution in [0.25, 0.3) is 0 Å². The van der Waals surface area contributed by atoms with Crippen molar-refractivity contribution in [2.24, 2.45) is 0 Å². The van der Waals surface area contributed by atoms with Gasteiger partial charge in [-0.05, 0) is 122 Å². The van der Waals surface area contributed by atoms with Crippen molar-refractivity contribution in [1.29, 1.82) is 0 Å². The van der Waals surface area contributed by atoms with Crippen LogP contribution in [-0.2, 0) is 28.6 Å². The van der Waals surface area contributed by atoms with Crippen LogP contribution in [0, 0.1) is 0 Å². The monoisotopic (exact) mass is 1010 g/mol. The summed E-state index contributed by atoms with van der Waals surface area (Å²) >= 11 is 0. The fourth-order valence-corrected chi connectivity index (χ4v) is 7.44. The molecule has 0 aromatic carbocycles. The summed E-state index contributed by atoms with van der Waals surface area (Å²) < 4.78 is 16.7. The molecule has 0 aliphatic carbocycles. The number of allylic oxidation sites excluding steroid dienone is 24. The Bertz CT molecular complexity index is 1630. The Morgan fingerprint density at radius 2 is 0.562 bits per heavy atom. The second-order valence-corrected chi connectivity index (χ2v) is 18.8. The molecular formula is C67H106O6. The third-order valence-corrected chi connectivity index (χ3v) is 11.8. The topological polar surface area (TPSA) is 78.9 Å². The Balaban J connectivity index is 4.64. The van der Waals surface area contributed by atoms with Gasteiger partial charge >= 0.3 is 17.9 Å². The molecule has 0 aromatic heterocycles. The van der Waals surface area contributed by atoms with Gasteiger partial charge in [0.25, 0.3) is 0 Å². The van der Waals surface area contributed by atoms with Crippen molar-refractivity contribution in [3.63, 3.8) is 0 Å². The van der Waals surface area contributed by atoms with Crippen LogP contribution in [-0.4, -0.2) is 37.2 Å². The maximum Gasteiger partial charge on any atom is 0.306 e. The molecule has 6 nitrogen and oxygen atoms in total. The first-order valence-corrected chi connectivity index (χ1v) is 29.3. The molecule has 0 bridgehead atoms. The molecule has 0 aliphatic rings. The summed E-state index contributed by atoms with van der Waals surface area (Å²) in [5, 5.41) is 0. The molecule has 0 heterocycles. The van der Waals surface area contributed by atoms with Crippen molar-refractivity contribution in [1.82, 2.24) is 0 Å². The van der Waals surface area contributed by atoms with Gasteiger partial charge in [-0.1, -0.05) is 244 Å². The summed E-state index contributed by atoms with van der Waals surface area (Å²) in [4.78, 5) is 38.1. The molecule has 0 saturated carbocycles. The molecule has 0 saturated heterocycles. The van der Waals surface area contributed by atoms with Crippen molar-refractivity contribution in [3.8, 4) is 0 Å². The van der Waals surface area contributed by atoms with E-state index in [2.05, 4.69) is 142 Å². The summed E-state index contributed by atoms with van der Waals surface area (Å²) in [5.41, 5.74) is 0. The van der Waals surface area contributed by atoms with Crippen molar-refractivity contribution < 1.29 is 28.6 Å². The maximum absolute atomic E-state index is 12.8. The van der Waals surface area contributed by atoms with Gasteiger partial charge in [0.15, 0.2) is 6.10 Å². The van der Waals surface area contributed by atoms with E-state index in [-0.39, 0.29) is 38.0 Å². The van der Waals surface area contributed by atoms with Gasteiger partial charge in [0.1, 0.15) is 13.2 Å². The van der Waals surface area contributed by atoms with Gasteiger partial charge in [0.2, 0.25) is 0 Å². The Morgan fingerprint density at radius 3 is 0.959 bits per heavy atom. The van der Waals surface area contributed by atoms with E-state index in [4.69, 9.17) is 14.2 Å². The molecule has 0 radical (unpaired) electrons. The second-order valence-electron chi connectivity index (χ2n) is 18.8. The van der Waals surface area contributed by atoms with Crippen LogP contribution in [0.5, 0.6) is 0 Å². The van der Waals surface area contributed by atoms with E-state index in [1.54, 1.807) is 0 Å². The van der Waals surface area contributed by atoms with Crippen LogP contribution in [0.2, 0.25) is 0 Å². The first kappa shape index (κ1) is 68.3. The highest BCUT2D eigenvalue weighted by atomic mass is 16.6. The van der Waals surface area contributed by atoms with Crippen molar-refractivity contribution in [3.05, 3.63) is 146 Å². The molecule has 0 N–H and O–H groups in total. The largest absolute Gasteiger partial charge is 0.462 e. The molecular weight excluding hydrogens is 901 g/mol. The highest BCUT2D eigenvalue weighted by Crippen LogP contribution is 2.13. The number of hydrogen-bond donors (Lipinski definition) is 0. The normalized spacial score (nSPS) is 13.2. The van der Waals surface area contributed by atoms with Crippen LogP contribution in [0.15, 0.2) is 146 Å². The third-order valence-electron chi connectivity index (χ3n) is 11.8. The molecule has 1 atom stereocenters. The van der Waals surface area contributed by atoms with Crippen LogP contribution in [0.3, 0.4) is 0 Å². The molecule has 73 heavy (non-hydrogen) atoms. The van der Waals surface area contributed by atoms with Crippen LogP contribution < -0.4 is 0 Å². The summed E-state index contributed by atoms with van der Waals surface area (Å²) in [6.45, 7) is 6.36. The summed E-state index contributed by atoms with van der Waals surface area (Å²) in [6, 6.07) is 0. The van der Waals surface area contributed by atoms with E-state index in [0.717, 1.165) is 83.5 Å². The minimum absolute atomic E-state index is 0.139. The van der Waals surface area contributed by atoms with E-state index in [1.807, 2.05) is 24.3 Å². The highest BCUT2D eigenvalue weighted by molar-refractivity contribution is 5.71. The van der Waals surface area contributed by atoms with Gasteiger partial charge in [-0.25, -0.2) is 0 Å². The molecule has 0 aromatic rings. The summed E-state index contributed by atoms with van der Waals surface area (Å²) in [5.74, 6) is -1.12. The van der Waals surface area contributed by atoms with Gasteiger partial charge in [-0.2, -0.15) is 0 Å². The summed E-state index contributed by atoms with van der Waals surface area (Å²) in [7, 11) is 0. The predicted octanol–water partition coefficient (Wildman–Crippen LogP) is 20.0. The Morgan fingerprint density at radius 1 is 0.288 bits per heavy atom. The fraction of sp³-hybridized carbons (Fsp3) is 0.597. The lowest BCUT2D eigenvalue weighted by Gasteiger charge is -2.18. The van der Waals surface area contributed by atoms with Crippen molar-refractivity contribution in [2.75, 3.05) is 13.2 Å². The zero-order valence-electron chi connectivity index (χ0n) is 46.8. The molecule has 0 unspecified atom stereocenters. The molecule has 410 valence electrons. The number of carbonyl (C=O) groups is 3. The van der Waals surface area contributed by atoms with Gasteiger partial charge < -0.3 is 14.2 Å². The van der Waals surface area contributed by atoms with E-state index in [0.29, 0.717) is 19.3 Å². The Kier molecular flexibility index (Phi) is 56.0. The first-order valence-electron chi connectivity index (χ1n) is 29.3. The standard InChI is InChI=1S/C67H106O6/c1-4-7-10-13-16-19-22-25-28-31-33-36-39-42-45-48-51-54-57-60-66(69)72-63-64(62-71-65(68)59-56-53-50-47-44-41-38-35-30-27-24-21-18-15-12-9-6-3)73-67(70)61-58-55-52-49-46-43-40-37-34-32-29-26-23-20-17-14-11-8-5-2/h7,10,16-17,19-20,25-30,33-34,36-37,42-43,45-46,51-52,54-55,64H,4-6,8-9,11-15,18,21-24,31-32,35,38-41,44,47-50,53,56-63H2,1-3H3/b10-7-,19-16-,20-17-,28-25-,29-26-,30-27-,36-33-,37-34-,45-42-,46-43-,54-51-,55-52-/t64-/m0/s1. The van der Waals surface area contributed by atoms with Gasteiger partial charge in [0, 0.05) is 19.3 Å². The average Bonchev–Trinajstić information content (AvgIpc) is 3.39. The smallest absolute Gasteiger partial charge is 0.306 e. The maximum atomic E-state index is 12.8. The van der Waals surface area contributed by atoms with Crippen LogP contribution >= 0.6 is 0 Å². The van der Waals surface area contributed by atoms with E-state index in [1.165, 1.54) is 103 Å². The van der Waals surface area contributed by atoms with E-state index in [9.17, 15) is 14.4 Å². The zero-order chi connectivity index (χ0) is 52.9. The molecule has 0 spiro atoms. The average molecular weight is 1010 g/mol. The lowest BCUT2D eigenvalue weighted by molar-refractivity contribution is -0.166. The van der Waals surface area contributed by atoms with Crippen molar-refractivity contribution in [2.45, 2.75) is 245 Å². The van der Waals surface area contributed by atoms with Crippen LogP contribution in [0.1, 0.15) is 239 Å². The number of esters is 3. The minimum Gasteiger partial charge on any atom is -0.462 e. The number of rotatable bonds is 51. The molecule has 0 amide bonds. The molecule has 6 heteroatoms. The van der Waals surface area contributed by atoms with E-state index >= 15 is 0 Å². The predicted molar refractivity (Wildman–Crippen MR) is 315 cm³/mol. The minimum atomic E-state index is -0.857. The number of hydrogen-bond acceptors (Lipinski definition) is 6. The first-order chi connectivity index (χ1) is 36.0. The highest BCUT2D eigenvalue weighted by Gasteiger charge is 2.19. The van der Waals surface area contributed by atoms with Gasteiger partial charge in [-0.3, -0.25) is 14.4 Å². The van der Waals surface area contributed by atoms with Gasteiger partial charge in [-0.15, -0.1) is 0 Å². The quantitative estimate of drug-likeness (QED) is 0.0261. The van der Waals surface area contributed by atoms with E-state index < -0.39 is 12.1 Å². The summed E-state index contributed by atoms with van der Waals surface area (Å²) in [6.07, 6.45) is 85.7. The van der Waals surface area contributed by atoms with Crippen molar-refractivity contribution >= 4 is 17.9 Å². The van der Waals surface area contributed by atoms with Crippen LogP contribution in [0.4, 0.5) is 0 Å².